The first-order chi connectivity index (χ1) is 13.8. The van der Waals surface area contributed by atoms with Gasteiger partial charge in [0.15, 0.2) is 5.96 Å². The Balaban J connectivity index is 0.00000300. The summed E-state index contributed by atoms with van der Waals surface area (Å²) in [6.07, 6.45) is 4.08. The van der Waals surface area contributed by atoms with Crippen molar-refractivity contribution in [3.63, 3.8) is 0 Å². The second-order valence-corrected chi connectivity index (χ2v) is 8.27. The molecular weight excluding hydrogens is 503 g/mol. The number of amides is 1. The molecule has 1 aromatic rings. The number of ether oxygens (including phenoxy) is 2. The lowest BCUT2D eigenvalue weighted by Gasteiger charge is -2.27. The van der Waals surface area contributed by atoms with Crippen LogP contribution in [0.4, 0.5) is 0 Å². The molecule has 29 heavy (non-hydrogen) atoms. The van der Waals surface area contributed by atoms with Crippen molar-refractivity contribution in [2.75, 3.05) is 53.1 Å². The molecule has 7 nitrogen and oxygen atoms in total. The summed E-state index contributed by atoms with van der Waals surface area (Å²) in [5, 5.41) is 8.48. The van der Waals surface area contributed by atoms with Crippen LogP contribution in [0, 0.1) is 5.92 Å². The molecule has 1 fully saturated rings. The molecule has 0 unspecified atom stereocenters. The van der Waals surface area contributed by atoms with E-state index < -0.39 is 0 Å². The van der Waals surface area contributed by atoms with Crippen molar-refractivity contribution < 1.29 is 14.3 Å². The Morgan fingerprint density at radius 1 is 1.38 bits per heavy atom. The number of carbonyl (C=O) groups is 1. The predicted molar refractivity (Wildman–Crippen MR) is 127 cm³/mol. The maximum Gasteiger partial charge on any atom is 0.242 e. The van der Waals surface area contributed by atoms with Crippen LogP contribution in [-0.2, 0) is 27.2 Å². The average Bonchev–Trinajstić information content (AvgIpc) is 3.21. The van der Waals surface area contributed by atoms with Crippen molar-refractivity contribution in [2.24, 2.45) is 10.9 Å². The second kappa shape index (κ2) is 13.4. The van der Waals surface area contributed by atoms with Crippen molar-refractivity contribution in [1.82, 2.24) is 15.5 Å². The fourth-order valence-electron chi connectivity index (χ4n) is 3.50. The first kappa shape index (κ1) is 24.4. The van der Waals surface area contributed by atoms with Gasteiger partial charge in [0.1, 0.15) is 0 Å². The van der Waals surface area contributed by atoms with Crippen molar-refractivity contribution in [2.45, 2.75) is 32.2 Å². The molecule has 0 bridgehead atoms. The summed E-state index contributed by atoms with van der Waals surface area (Å²) in [6, 6.07) is 2.12. The molecule has 0 atom stereocenters. The zero-order valence-electron chi connectivity index (χ0n) is 17.2. The van der Waals surface area contributed by atoms with Crippen molar-refractivity contribution in [3.8, 4) is 0 Å². The number of thiophene rings is 1. The van der Waals surface area contributed by atoms with Gasteiger partial charge in [-0.15, -0.1) is 35.3 Å². The summed E-state index contributed by atoms with van der Waals surface area (Å²) in [4.78, 5) is 20.0. The summed E-state index contributed by atoms with van der Waals surface area (Å²) in [5.74, 6) is 1.41. The summed E-state index contributed by atoms with van der Waals surface area (Å²) < 4.78 is 11.1. The normalized spacial score (nSPS) is 17.4. The Kier molecular flexibility index (Phi) is 11.3. The van der Waals surface area contributed by atoms with Gasteiger partial charge in [-0.2, -0.15) is 0 Å². The van der Waals surface area contributed by atoms with E-state index in [-0.39, 0.29) is 36.4 Å². The number of rotatable bonds is 8. The Morgan fingerprint density at radius 2 is 2.21 bits per heavy atom. The smallest absolute Gasteiger partial charge is 0.242 e. The van der Waals surface area contributed by atoms with Crippen LogP contribution in [0.5, 0.6) is 0 Å². The summed E-state index contributed by atoms with van der Waals surface area (Å²) in [6.45, 7) is 5.83. The Hall–Kier alpha value is -0.910. The largest absolute Gasteiger partial charge is 0.381 e. The molecule has 0 radical (unpaired) electrons. The van der Waals surface area contributed by atoms with Gasteiger partial charge in [0.2, 0.25) is 5.91 Å². The number of guanidine groups is 1. The molecule has 0 aliphatic carbocycles. The first-order valence-electron chi connectivity index (χ1n) is 10.2. The lowest BCUT2D eigenvalue weighted by Crippen LogP contribution is -2.46. The van der Waals surface area contributed by atoms with E-state index in [1.54, 1.807) is 18.4 Å². The third-order valence-corrected chi connectivity index (χ3v) is 6.27. The molecule has 2 N–H and O–H groups in total. The molecule has 1 amide bonds. The van der Waals surface area contributed by atoms with E-state index in [9.17, 15) is 4.79 Å². The van der Waals surface area contributed by atoms with Crippen LogP contribution in [0.25, 0.3) is 0 Å². The van der Waals surface area contributed by atoms with Gasteiger partial charge >= 0.3 is 0 Å². The number of carbonyl (C=O) groups excluding carboxylic acids is 1. The third-order valence-electron chi connectivity index (χ3n) is 5.24. The fraction of sp³-hybridized carbons (Fsp3) is 0.700. The quantitative estimate of drug-likeness (QED) is 0.231. The van der Waals surface area contributed by atoms with Crippen molar-refractivity contribution in [1.29, 1.82) is 0 Å². The zero-order chi connectivity index (χ0) is 19.6. The SMILES string of the molecule is CN=C(NCCCOCC1CCOCC1)NCC(=O)N1CCc2sccc2C1.I. The number of fused-ring (bicyclic) bond motifs is 1. The maximum absolute atomic E-state index is 12.5. The van der Waals surface area contributed by atoms with E-state index in [0.29, 0.717) is 11.9 Å². The van der Waals surface area contributed by atoms with Gasteiger partial charge in [-0.25, -0.2) is 0 Å². The van der Waals surface area contributed by atoms with Crippen LogP contribution >= 0.6 is 35.3 Å². The highest BCUT2D eigenvalue weighted by molar-refractivity contribution is 14.0. The standard InChI is InChI=1S/C20H32N4O3S.HI/c1-21-20(22-7-2-9-27-15-16-4-10-26-11-5-16)23-13-19(25)24-8-3-18-17(14-24)6-12-28-18;/h6,12,16H,2-5,7-11,13-15H2,1H3,(H2,21,22,23);1H. The molecule has 0 aromatic carbocycles. The number of nitrogens with one attached hydrogen (secondary N) is 2. The molecular formula is C20H33IN4O3S. The summed E-state index contributed by atoms with van der Waals surface area (Å²) in [5.41, 5.74) is 1.29. The molecule has 1 aromatic heterocycles. The van der Waals surface area contributed by atoms with Crippen LogP contribution in [0.3, 0.4) is 0 Å². The number of nitrogens with zero attached hydrogens (tertiary/aromatic N) is 2. The van der Waals surface area contributed by atoms with Crippen LogP contribution in [-0.4, -0.2) is 69.9 Å². The van der Waals surface area contributed by atoms with Crippen LogP contribution in [0.1, 0.15) is 29.7 Å². The molecule has 0 spiro atoms. The van der Waals surface area contributed by atoms with E-state index in [1.165, 1.54) is 10.4 Å². The molecule has 2 aliphatic heterocycles. The predicted octanol–water partition coefficient (Wildman–Crippen LogP) is 2.25. The number of hydrogen-bond donors (Lipinski definition) is 2. The summed E-state index contributed by atoms with van der Waals surface area (Å²) in [7, 11) is 1.72. The van der Waals surface area contributed by atoms with E-state index in [2.05, 4.69) is 27.1 Å². The average molecular weight is 536 g/mol. The number of hydrogen-bond acceptors (Lipinski definition) is 5. The molecule has 3 heterocycles. The van der Waals surface area contributed by atoms with E-state index in [0.717, 1.165) is 71.7 Å². The highest BCUT2D eigenvalue weighted by Crippen LogP contribution is 2.23. The highest BCUT2D eigenvalue weighted by Gasteiger charge is 2.21. The van der Waals surface area contributed by atoms with E-state index in [4.69, 9.17) is 9.47 Å². The van der Waals surface area contributed by atoms with Gasteiger partial charge in [-0.05, 0) is 48.6 Å². The molecule has 0 saturated carbocycles. The van der Waals surface area contributed by atoms with Gasteiger partial charge in [0.25, 0.3) is 0 Å². The number of aliphatic imine (C=N–C) groups is 1. The Morgan fingerprint density at radius 3 is 3.00 bits per heavy atom. The minimum atomic E-state index is 0. The van der Waals surface area contributed by atoms with Gasteiger partial charge in [0, 0.05) is 58.0 Å². The minimum absolute atomic E-state index is 0. The van der Waals surface area contributed by atoms with E-state index >= 15 is 0 Å². The Bertz CT molecular complexity index is 649. The first-order valence-corrected chi connectivity index (χ1v) is 11.1. The van der Waals surface area contributed by atoms with Crippen LogP contribution < -0.4 is 10.6 Å². The topological polar surface area (TPSA) is 75.2 Å². The van der Waals surface area contributed by atoms with Gasteiger partial charge in [-0.1, -0.05) is 0 Å². The highest BCUT2D eigenvalue weighted by atomic mass is 127. The zero-order valence-corrected chi connectivity index (χ0v) is 20.3. The lowest BCUT2D eigenvalue weighted by molar-refractivity contribution is -0.130. The molecule has 164 valence electrons. The second-order valence-electron chi connectivity index (χ2n) is 7.27. The molecule has 2 aliphatic rings. The van der Waals surface area contributed by atoms with Crippen LogP contribution in [0.2, 0.25) is 0 Å². The van der Waals surface area contributed by atoms with Gasteiger partial charge in [-0.3, -0.25) is 9.79 Å². The maximum atomic E-state index is 12.5. The van der Waals surface area contributed by atoms with Crippen molar-refractivity contribution >= 4 is 47.2 Å². The Labute approximate surface area is 194 Å². The molecule has 1 saturated heterocycles. The monoisotopic (exact) mass is 536 g/mol. The summed E-state index contributed by atoms with van der Waals surface area (Å²) >= 11 is 1.79. The van der Waals surface area contributed by atoms with Gasteiger partial charge < -0.3 is 25.0 Å². The van der Waals surface area contributed by atoms with Crippen LogP contribution in [0.15, 0.2) is 16.4 Å². The molecule has 3 rings (SSSR count). The number of halogens is 1. The molecule has 9 heteroatoms. The fourth-order valence-corrected chi connectivity index (χ4v) is 4.39. The van der Waals surface area contributed by atoms with E-state index in [1.807, 2.05) is 4.90 Å². The lowest BCUT2D eigenvalue weighted by atomic mass is 10.0. The minimum Gasteiger partial charge on any atom is -0.381 e. The third kappa shape index (κ3) is 8.03. The van der Waals surface area contributed by atoms with Gasteiger partial charge in [0.05, 0.1) is 6.54 Å². The van der Waals surface area contributed by atoms with Crippen molar-refractivity contribution in [3.05, 3.63) is 21.9 Å².